The molecule has 3 heteroatoms. The number of aromatic nitrogens is 2. The van der Waals surface area contributed by atoms with Crippen LogP contribution in [-0.2, 0) is 0 Å². The van der Waals surface area contributed by atoms with Crippen LogP contribution in [-0.4, -0.2) is 16.0 Å². The maximum atomic E-state index is 4.22. The van der Waals surface area contributed by atoms with Gasteiger partial charge in [-0.3, -0.25) is 4.98 Å². The number of hydrogen-bond acceptors (Lipinski definition) is 3. The zero-order chi connectivity index (χ0) is 9.80. The summed E-state index contributed by atoms with van der Waals surface area (Å²) in [6, 6.07) is 0.522. The lowest BCUT2D eigenvalue weighted by Crippen LogP contribution is -2.24. The largest absolute Gasteiger partial charge is 0.366 e. The summed E-state index contributed by atoms with van der Waals surface area (Å²) < 4.78 is 0. The van der Waals surface area contributed by atoms with Crippen LogP contribution in [0.1, 0.15) is 32.6 Å². The van der Waals surface area contributed by atoms with Crippen molar-refractivity contribution in [2.45, 2.75) is 38.6 Å². The third-order valence-electron chi connectivity index (χ3n) is 3.05. The Bertz CT molecular complexity index is 267. The minimum Gasteiger partial charge on any atom is -0.366 e. The van der Waals surface area contributed by atoms with Gasteiger partial charge in [0.1, 0.15) is 5.82 Å². The van der Waals surface area contributed by atoms with Gasteiger partial charge in [0, 0.05) is 18.4 Å². The number of nitrogens with one attached hydrogen (secondary N) is 1. The zero-order valence-corrected chi connectivity index (χ0v) is 8.61. The minimum absolute atomic E-state index is 0.522. The molecule has 0 radical (unpaired) electrons. The van der Waals surface area contributed by atoms with E-state index >= 15 is 0 Å². The van der Waals surface area contributed by atoms with E-state index in [1.54, 1.807) is 18.6 Å². The van der Waals surface area contributed by atoms with E-state index in [9.17, 15) is 0 Å². The monoisotopic (exact) mass is 191 g/mol. The van der Waals surface area contributed by atoms with Crippen LogP contribution in [0.5, 0.6) is 0 Å². The van der Waals surface area contributed by atoms with Gasteiger partial charge in [-0.15, -0.1) is 0 Å². The molecule has 76 valence electrons. The highest BCUT2D eigenvalue weighted by Gasteiger charge is 2.21. The molecule has 2 rings (SSSR count). The van der Waals surface area contributed by atoms with Crippen molar-refractivity contribution in [3.05, 3.63) is 18.6 Å². The highest BCUT2D eigenvalue weighted by Crippen LogP contribution is 2.28. The van der Waals surface area contributed by atoms with Gasteiger partial charge in [-0.1, -0.05) is 12.8 Å². The zero-order valence-electron chi connectivity index (χ0n) is 8.61. The first-order chi connectivity index (χ1) is 6.86. The van der Waals surface area contributed by atoms with Crippen molar-refractivity contribution in [2.75, 3.05) is 5.32 Å². The predicted molar refractivity (Wildman–Crippen MR) is 57.1 cm³/mol. The van der Waals surface area contributed by atoms with Gasteiger partial charge in [0.25, 0.3) is 0 Å². The summed E-state index contributed by atoms with van der Waals surface area (Å²) in [4.78, 5) is 8.26. The van der Waals surface area contributed by atoms with E-state index in [1.165, 1.54) is 25.7 Å². The topological polar surface area (TPSA) is 37.8 Å². The second-order valence-corrected chi connectivity index (χ2v) is 4.07. The van der Waals surface area contributed by atoms with E-state index in [0.717, 1.165) is 11.7 Å². The summed E-state index contributed by atoms with van der Waals surface area (Å²) in [6.07, 6.45) is 10.7. The molecule has 1 saturated carbocycles. The highest BCUT2D eigenvalue weighted by molar-refractivity contribution is 5.31. The quantitative estimate of drug-likeness (QED) is 0.797. The predicted octanol–water partition coefficient (Wildman–Crippen LogP) is 2.47. The Labute approximate surface area is 85.0 Å². The Morgan fingerprint density at radius 2 is 2.14 bits per heavy atom. The van der Waals surface area contributed by atoms with Crippen LogP contribution in [0.15, 0.2) is 18.6 Å². The molecule has 0 spiro atoms. The average Bonchev–Trinajstić information content (AvgIpc) is 2.72. The summed E-state index contributed by atoms with van der Waals surface area (Å²) in [5, 5.41) is 3.41. The van der Waals surface area contributed by atoms with Gasteiger partial charge in [0.05, 0.1) is 6.20 Å². The standard InChI is InChI=1S/C11H17N3/c1-9(10-4-2-3-5-10)14-11-8-12-6-7-13-11/h6-10H,2-5H2,1H3,(H,13,14). The molecule has 0 amide bonds. The molecule has 1 atom stereocenters. The van der Waals surface area contributed by atoms with Gasteiger partial charge in [0.2, 0.25) is 0 Å². The Balaban J connectivity index is 1.90. The van der Waals surface area contributed by atoms with E-state index in [-0.39, 0.29) is 0 Å². The first-order valence-corrected chi connectivity index (χ1v) is 5.39. The molecule has 0 aromatic carbocycles. The van der Waals surface area contributed by atoms with Crippen molar-refractivity contribution in [3.63, 3.8) is 0 Å². The second-order valence-electron chi connectivity index (χ2n) is 4.07. The maximum Gasteiger partial charge on any atom is 0.144 e. The van der Waals surface area contributed by atoms with Crippen LogP contribution < -0.4 is 5.32 Å². The molecule has 1 heterocycles. The smallest absolute Gasteiger partial charge is 0.144 e. The first kappa shape index (κ1) is 9.44. The molecule has 0 bridgehead atoms. The molecule has 1 aliphatic rings. The van der Waals surface area contributed by atoms with E-state index < -0.39 is 0 Å². The third kappa shape index (κ3) is 2.22. The Kier molecular flexibility index (Phi) is 2.96. The van der Waals surface area contributed by atoms with Crippen LogP contribution in [0.2, 0.25) is 0 Å². The molecule has 0 saturated heterocycles. The third-order valence-corrected chi connectivity index (χ3v) is 3.05. The van der Waals surface area contributed by atoms with Gasteiger partial charge >= 0.3 is 0 Å². The van der Waals surface area contributed by atoms with E-state index in [0.29, 0.717) is 6.04 Å². The normalized spacial score (nSPS) is 19.5. The molecule has 1 unspecified atom stereocenters. The number of nitrogens with zero attached hydrogens (tertiary/aromatic N) is 2. The van der Waals surface area contributed by atoms with Gasteiger partial charge in [-0.2, -0.15) is 0 Å². The fourth-order valence-electron chi connectivity index (χ4n) is 2.18. The summed E-state index contributed by atoms with van der Waals surface area (Å²) in [5.41, 5.74) is 0. The summed E-state index contributed by atoms with van der Waals surface area (Å²) in [6.45, 7) is 2.24. The molecule has 1 aromatic rings. The Morgan fingerprint density at radius 3 is 2.79 bits per heavy atom. The van der Waals surface area contributed by atoms with Gasteiger partial charge in [-0.05, 0) is 25.7 Å². The molecule has 0 aliphatic heterocycles. The molecule has 1 fully saturated rings. The van der Waals surface area contributed by atoms with Gasteiger partial charge < -0.3 is 5.32 Å². The van der Waals surface area contributed by atoms with E-state index in [1.807, 2.05) is 0 Å². The van der Waals surface area contributed by atoms with E-state index in [2.05, 4.69) is 22.2 Å². The minimum atomic E-state index is 0.522. The van der Waals surface area contributed by atoms with Crippen LogP contribution >= 0.6 is 0 Å². The summed E-state index contributed by atoms with van der Waals surface area (Å²) in [5.74, 6) is 1.71. The highest BCUT2D eigenvalue weighted by atomic mass is 15.0. The average molecular weight is 191 g/mol. The fraction of sp³-hybridized carbons (Fsp3) is 0.636. The molecule has 14 heavy (non-hydrogen) atoms. The molecular formula is C11H17N3. The SMILES string of the molecule is CC(Nc1cnccn1)C1CCCC1. The van der Waals surface area contributed by atoms with Crippen LogP contribution in [0.25, 0.3) is 0 Å². The van der Waals surface area contributed by atoms with Crippen molar-refractivity contribution in [3.8, 4) is 0 Å². The van der Waals surface area contributed by atoms with Crippen molar-refractivity contribution in [1.29, 1.82) is 0 Å². The van der Waals surface area contributed by atoms with E-state index in [4.69, 9.17) is 0 Å². The molecule has 3 nitrogen and oxygen atoms in total. The fourth-order valence-corrected chi connectivity index (χ4v) is 2.18. The molecule has 1 N–H and O–H groups in total. The number of anilines is 1. The van der Waals surface area contributed by atoms with Crippen LogP contribution in [0, 0.1) is 5.92 Å². The number of rotatable bonds is 3. The van der Waals surface area contributed by atoms with Crippen LogP contribution in [0.4, 0.5) is 5.82 Å². The second kappa shape index (κ2) is 4.40. The lowest BCUT2D eigenvalue weighted by Gasteiger charge is -2.20. The van der Waals surface area contributed by atoms with Crippen molar-refractivity contribution in [1.82, 2.24) is 9.97 Å². The van der Waals surface area contributed by atoms with Crippen molar-refractivity contribution in [2.24, 2.45) is 5.92 Å². The molecule has 1 aliphatic carbocycles. The Hall–Kier alpha value is -1.12. The van der Waals surface area contributed by atoms with Crippen LogP contribution in [0.3, 0.4) is 0 Å². The van der Waals surface area contributed by atoms with Crippen molar-refractivity contribution >= 4 is 5.82 Å². The summed E-state index contributed by atoms with van der Waals surface area (Å²) >= 11 is 0. The van der Waals surface area contributed by atoms with Gasteiger partial charge in [0.15, 0.2) is 0 Å². The number of hydrogen-bond donors (Lipinski definition) is 1. The lowest BCUT2D eigenvalue weighted by atomic mass is 10.00. The lowest BCUT2D eigenvalue weighted by molar-refractivity contribution is 0.481. The first-order valence-electron chi connectivity index (χ1n) is 5.39. The summed E-state index contributed by atoms with van der Waals surface area (Å²) in [7, 11) is 0. The molecular weight excluding hydrogens is 174 g/mol. The Morgan fingerprint density at radius 1 is 1.36 bits per heavy atom. The van der Waals surface area contributed by atoms with Crippen molar-refractivity contribution < 1.29 is 0 Å². The molecule has 1 aromatic heterocycles. The maximum absolute atomic E-state index is 4.22. The van der Waals surface area contributed by atoms with Gasteiger partial charge in [-0.25, -0.2) is 4.98 Å².